The smallest absolute Gasteiger partial charge is 0.331 e. The number of hydrogen-bond acceptors (Lipinski definition) is 11. The van der Waals surface area contributed by atoms with Crippen molar-refractivity contribution in [1.29, 1.82) is 0 Å². The third-order valence-electron chi connectivity index (χ3n) is 8.16. The van der Waals surface area contributed by atoms with Crippen molar-refractivity contribution in [1.82, 2.24) is 19.9 Å². The summed E-state index contributed by atoms with van der Waals surface area (Å²) in [5, 5.41) is 10.9. The summed E-state index contributed by atoms with van der Waals surface area (Å²) in [5.41, 5.74) is 3.85. The lowest BCUT2D eigenvalue weighted by molar-refractivity contribution is -0.155. The number of piperidine rings is 1. The topological polar surface area (TPSA) is 117 Å². The van der Waals surface area contributed by atoms with E-state index in [4.69, 9.17) is 14.7 Å². The van der Waals surface area contributed by atoms with Gasteiger partial charge in [-0.15, -0.1) is 0 Å². The van der Waals surface area contributed by atoms with Crippen LogP contribution >= 0.6 is 11.3 Å². The van der Waals surface area contributed by atoms with E-state index in [1.54, 1.807) is 6.33 Å². The normalized spacial score (nSPS) is 16.2. The highest BCUT2D eigenvalue weighted by Crippen LogP contribution is 2.34. The number of benzene rings is 1. The highest BCUT2D eigenvalue weighted by atomic mass is 32.1. The second-order valence-corrected chi connectivity index (χ2v) is 13.5. The Morgan fingerprint density at radius 3 is 2.73 bits per heavy atom. The Labute approximate surface area is 263 Å². The molecular weight excluding hydrogens is 572 g/mol. The molecule has 1 saturated heterocycles. The van der Waals surface area contributed by atoms with Crippen LogP contribution in [0.15, 0.2) is 42.7 Å². The number of pyridine rings is 1. The molecule has 2 aliphatic rings. The Kier molecular flexibility index (Phi) is 8.83. The largest absolute Gasteiger partial charge is 0.458 e. The van der Waals surface area contributed by atoms with E-state index in [1.165, 1.54) is 29.0 Å². The monoisotopic (exact) mass is 614 g/mol. The molecule has 0 amide bonds. The molecule has 0 bridgehead atoms. The van der Waals surface area contributed by atoms with Gasteiger partial charge in [-0.05, 0) is 76.6 Å². The van der Waals surface area contributed by atoms with Gasteiger partial charge in [0.1, 0.15) is 35.4 Å². The molecule has 0 radical (unpaired) electrons. The van der Waals surface area contributed by atoms with E-state index in [9.17, 15) is 4.79 Å². The molecule has 1 aromatic carbocycles. The number of aromatic nitrogens is 4. The Morgan fingerprint density at radius 1 is 1.14 bits per heavy atom. The number of aryl methyl sites for hydroxylation is 1. The quantitative estimate of drug-likeness (QED) is 0.193. The Morgan fingerprint density at radius 2 is 1.95 bits per heavy atom. The van der Waals surface area contributed by atoms with Gasteiger partial charge in [0.05, 0.1) is 10.2 Å². The molecule has 6 rings (SSSR count). The SMILES string of the molecule is CCc1c(NCC(Nc2nc3ccccc3s2)C(=O)OC(C)(C)C)ncnc1N1CCC(c2ccc3c(n2)NCCC3)CC1. The molecule has 0 spiro atoms. The van der Waals surface area contributed by atoms with E-state index in [1.807, 2.05) is 45.0 Å². The zero-order valence-electron chi connectivity index (χ0n) is 26.0. The fourth-order valence-electron chi connectivity index (χ4n) is 5.96. The van der Waals surface area contributed by atoms with Gasteiger partial charge < -0.3 is 25.6 Å². The van der Waals surface area contributed by atoms with Crippen LogP contribution in [-0.2, 0) is 22.4 Å². The molecule has 2 aliphatic heterocycles. The number of fused-ring (bicyclic) bond motifs is 2. The van der Waals surface area contributed by atoms with Gasteiger partial charge in [-0.2, -0.15) is 0 Å². The number of esters is 1. The van der Waals surface area contributed by atoms with Crippen molar-refractivity contribution in [3.05, 3.63) is 59.5 Å². The van der Waals surface area contributed by atoms with Crippen LogP contribution < -0.4 is 20.9 Å². The number of rotatable bonds is 9. The molecule has 0 aliphatic carbocycles. The number of para-hydroxylation sites is 1. The summed E-state index contributed by atoms with van der Waals surface area (Å²) in [5.74, 6) is 2.86. The zero-order valence-corrected chi connectivity index (χ0v) is 26.8. The maximum absolute atomic E-state index is 13.3. The van der Waals surface area contributed by atoms with E-state index >= 15 is 0 Å². The molecular formula is C33H42N8O2S. The van der Waals surface area contributed by atoms with Crippen LogP contribution in [0.1, 0.15) is 69.7 Å². The van der Waals surface area contributed by atoms with Gasteiger partial charge in [0.15, 0.2) is 5.13 Å². The number of nitrogens with one attached hydrogen (secondary N) is 3. The van der Waals surface area contributed by atoms with Crippen molar-refractivity contribution in [2.75, 3.05) is 47.0 Å². The number of anilines is 4. The van der Waals surface area contributed by atoms with Crippen LogP contribution in [0.2, 0.25) is 0 Å². The molecule has 44 heavy (non-hydrogen) atoms. The first-order chi connectivity index (χ1) is 21.3. The third kappa shape index (κ3) is 6.88. The van der Waals surface area contributed by atoms with Crippen molar-refractivity contribution in [2.45, 2.75) is 77.4 Å². The second-order valence-electron chi connectivity index (χ2n) is 12.5. The molecule has 4 aromatic rings. The fourth-order valence-corrected chi connectivity index (χ4v) is 6.88. The first-order valence-electron chi connectivity index (χ1n) is 15.7. The van der Waals surface area contributed by atoms with Crippen molar-refractivity contribution in [2.24, 2.45) is 0 Å². The van der Waals surface area contributed by atoms with Crippen molar-refractivity contribution >= 4 is 50.1 Å². The van der Waals surface area contributed by atoms with E-state index in [0.29, 0.717) is 11.0 Å². The highest BCUT2D eigenvalue weighted by Gasteiger charge is 2.28. The summed E-state index contributed by atoms with van der Waals surface area (Å²) < 4.78 is 6.83. The summed E-state index contributed by atoms with van der Waals surface area (Å²) in [7, 11) is 0. The molecule has 1 unspecified atom stereocenters. The minimum absolute atomic E-state index is 0.286. The standard InChI is InChI=1S/C33H42N8O2S/c1-5-23-29(35-19-26(31(42)43-33(2,3)4)40-32-39-25-10-6-7-11-27(25)44-32)36-20-37-30(23)41-17-14-21(15-18-41)24-13-12-22-9-8-16-34-28(22)38-24/h6-7,10-13,20-21,26H,5,8-9,14-19H2,1-4H3,(H,34,38)(H,39,40)(H,35,36,37). The predicted octanol–water partition coefficient (Wildman–Crippen LogP) is 6.02. The lowest BCUT2D eigenvalue weighted by Crippen LogP contribution is -2.41. The van der Waals surface area contributed by atoms with Crippen LogP contribution in [0.4, 0.5) is 22.6 Å². The number of hydrogen-bond donors (Lipinski definition) is 3. The van der Waals surface area contributed by atoms with E-state index in [-0.39, 0.29) is 12.5 Å². The molecule has 1 atom stereocenters. The fraction of sp³-hybridized carbons (Fsp3) is 0.485. The second kappa shape index (κ2) is 12.9. The van der Waals surface area contributed by atoms with E-state index in [2.05, 4.69) is 49.9 Å². The molecule has 0 saturated carbocycles. The van der Waals surface area contributed by atoms with Crippen molar-refractivity contribution in [3.8, 4) is 0 Å². The number of thiazole rings is 1. The highest BCUT2D eigenvalue weighted by molar-refractivity contribution is 7.22. The third-order valence-corrected chi connectivity index (χ3v) is 9.13. The van der Waals surface area contributed by atoms with Crippen LogP contribution in [0.25, 0.3) is 10.2 Å². The van der Waals surface area contributed by atoms with Crippen LogP contribution in [0, 0.1) is 0 Å². The molecule has 11 heteroatoms. The van der Waals surface area contributed by atoms with Gasteiger partial charge in [-0.3, -0.25) is 0 Å². The Hall–Kier alpha value is -3.99. The van der Waals surface area contributed by atoms with E-state index < -0.39 is 11.6 Å². The van der Waals surface area contributed by atoms with Crippen LogP contribution in [-0.4, -0.2) is 63.7 Å². The number of nitrogens with zero attached hydrogens (tertiary/aromatic N) is 5. The molecule has 3 aromatic heterocycles. The number of carbonyl (C=O) groups excluding carboxylic acids is 1. The minimum atomic E-state index is -0.660. The number of ether oxygens (including phenoxy) is 1. The maximum atomic E-state index is 13.3. The molecule has 232 valence electrons. The van der Waals surface area contributed by atoms with E-state index in [0.717, 1.165) is 78.6 Å². The maximum Gasteiger partial charge on any atom is 0.331 e. The molecule has 10 nitrogen and oxygen atoms in total. The summed E-state index contributed by atoms with van der Waals surface area (Å²) in [6.07, 6.45) is 6.70. The zero-order chi connectivity index (χ0) is 30.7. The minimum Gasteiger partial charge on any atom is -0.458 e. The van der Waals surface area contributed by atoms with Gasteiger partial charge in [0.2, 0.25) is 0 Å². The Balaban J connectivity index is 1.15. The lowest BCUT2D eigenvalue weighted by Gasteiger charge is -2.34. The summed E-state index contributed by atoms with van der Waals surface area (Å²) >= 11 is 1.52. The predicted molar refractivity (Wildman–Crippen MR) is 178 cm³/mol. The van der Waals surface area contributed by atoms with Gasteiger partial charge in [-0.1, -0.05) is 36.5 Å². The molecule has 1 fully saturated rings. The first-order valence-corrected chi connectivity index (χ1v) is 16.5. The van der Waals surface area contributed by atoms with Crippen LogP contribution in [0.3, 0.4) is 0 Å². The van der Waals surface area contributed by atoms with Gasteiger partial charge in [0.25, 0.3) is 0 Å². The van der Waals surface area contributed by atoms with Gasteiger partial charge in [-0.25, -0.2) is 24.7 Å². The average Bonchev–Trinajstić information content (AvgIpc) is 3.44. The molecule has 3 N–H and O–H groups in total. The average molecular weight is 615 g/mol. The summed E-state index contributed by atoms with van der Waals surface area (Å²) in [6.45, 7) is 10.8. The van der Waals surface area contributed by atoms with Crippen molar-refractivity contribution in [3.63, 3.8) is 0 Å². The van der Waals surface area contributed by atoms with Crippen molar-refractivity contribution < 1.29 is 9.53 Å². The van der Waals surface area contributed by atoms with Gasteiger partial charge >= 0.3 is 5.97 Å². The first kappa shape index (κ1) is 30.1. The molecule has 5 heterocycles. The van der Waals surface area contributed by atoms with Crippen LogP contribution in [0.5, 0.6) is 0 Å². The van der Waals surface area contributed by atoms with Gasteiger partial charge in [0, 0.05) is 43.4 Å². The lowest BCUT2D eigenvalue weighted by atomic mass is 9.92. The summed E-state index contributed by atoms with van der Waals surface area (Å²) in [6, 6.07) is 11.8. The number of carbonyl (C=O) groups is 1. The Bertz CT molecular complexity index is 1580. The summed E-state index contributed by atoms with van der Waals surface area (Å²) in [4.78, 5) is 34.7.